The van der Waals surface area contributed by atoms with E-state index in [1.54, 1.807) is 0 Å². The summed E-state index contributed by atoms with van der Waals surface area (Å²) in [5.74, 6) is 0. The summed E-state index contributed by atoms with van der Waals surface area (Å²) in [7, 11) is 0. The Hall–Kier alpha value is -2.35. The topological polar surface area (TPSA) is 28.7 Å². The zero-order valence-electron chi connectivity index (χ0n) is 10.2. The van der Waals surface area contributed by atoms with E-state index in [4.69, 9.17) is 0 Å². The highest BCUT2D eigenvalue weighted by Gasteiger charge is 2.02. The highest BCUT2D eigenvalue weighted by atomic mass is 15.1. The van der Waals surface area contributed by atoms with E-state index < -0.39 is 0 Å². The van der Waals surface area contributed by atoms with Gasteiger partial charge in [0.15, 0.2) is 0 Å². The van der Waals surface area contributed by atoms with Crippen molar-refractivity contribution in [2.75, 3.05) is 0 Å². The molecule has 1 aromatic heterocycles. The van der Waals surface area contributed by atoms with Crippen LogP contribution in [0.15, 0.2) is 60.7 Å². The molecule has 3 aromatic rings. The maximum absolute atomic E-state index is 4.26. The number of aromatic amines is 1. The minimum absolute atomic E-state index is 0.993. The minimum atomic E-state index is 0.993. The first-order chi connectivity index (χ1) is 8.83. The molecule has 18 heavy (non-hydrogen) atoms. The highest BCUT2D eigenvalue weighted by Crippen LogP contribution is 2.23. The largest absolute Gasteiger partial charge is 0.282 e. The zero-order chi connectivity index (χ0) is 12.4. The second-order valence-electron chi connectivity index (χ2n) is 4.38. The molecule has 0 spiro atoms. The Bertz CT molecular complexity index is 636. The monoisotopic (exact) mass is 234 g/mol. The maximum atomic E-state index is 4.26. The standard InChI is InChI=1S/C16H14N2/c1-12-11-16(18-17-12)15-9-7-14(8-10-15)13-5-3-2-4-6-13/h2-11H,1H3,(H,17,18). The van der Waals surface area contributed by atoms with Gasteiger partial charge in [-0.3, -0.25) is 5.10 Å². The molecule has 88 valence electrons. The van der Waals surface area contributed by atoms with Crippen LogP contribution in [0.5, 0.6) is 0 Å². The number of aryl methyl sites for hydroxylation is 1. The second kappa shape index (κ2) is 4.49. The lowest BCUT2D eigenvalue weighted by Crippen LogP contribution is -1.80. The van der Waals surface area contributed by atoms with Crippen molar-refractivity contribution in [3.63, 3.8) is 0 Å². The molecule has 0 unspecified atom stereocenters. The van der Waals surface area contributed by atoms with E-state index in [0.29, 0.717) is 0 Å². The van der Waals surface area contributed by atoms with Crippen LogP contribution in [-0.4, -0.2) is 10.2 Å². The fourth-order valence-corrected chi connectivity index (χ4v) is 2.03. The average molecular weight is 234 g/mol. The number of hydrogen-bond donors (Lipinski definition) is 1. The van der Waals surface area contributed by atoms with Crippen molar-refractivity contribution in [3.05, 3.63) is 66.4 Å². The Morgan fingerprint density at radius 2 is 1.39 bits per heavy atom. The number of rotatable bonds is 2. The Morgan fingerprint density at radius 3 is 2.00 bits per heavy atom. The fraction of sp³-hybridized carbons (Fsp3) is 0.0625. The van der Waals surface area contributed by atoms with E-state index in [2.05, 4.69) is 64.8 Å². The van der Waals surface area contributed by atoms with Gasteiger partial charge in [0.25, 0.3) is 0 Å². The molecule has 0 saturated carbocycles. The van der Waals surface area contributed by atoms with Gasteiger partial charge in [-0.05, 0) is 24.1 Å². The summed E-state index contributed by atoms with van der Waals surface area (Å²) in [6.45, 7) is 2.01. The van der Waals surface area contributed by atoms with Crippen LogP contribution in [0.3, 0.4) is 0 Å². The molecule has 1 heterocycles. The van der Waals surface area contributed by atoms with Gasteiger partial charge < -0.3 is 0 Å². The Kier molecular flexibility index (Phi) is 2.69. The number of benzene rings is 2. The smallest absolute Gasteiger partial charge is 0.0923 e. The van der Waals surface area contributed by atoms with Crippen molar-refractivity contribution in [1.29, 1.82) is 0 Å². The highest BCUT2D eigenvalue weighted by molar-refractivity contribution is 5.68. The number of H-pyrrole nitrogens is 1. The van der Waals surface area contributed by atoms with Crippen molar-refractivity contribution in [3.8, 4) is 22.4 Å². The van der Waals surface area contributed by atoms with Crippen molar-refractivity contribution in [2.45, 2.75) is 6.92 Å². The van der Waals surface area contributed by atoms with Gasteiger partial charge in [-0.1, -0.05) is 54.6 Å². The molecule has 0 fully saturated rings. The fourth-order valence-electron chi connectivity index (χ4n) is 2.03. The molecule has 2 heteroatoms. The summed E-state index contributed by atoms with van der Waals surface area (Å²) in [6, 6.07) is 20.9. The van der Waals surface area contributed by atoms with Crippen LogP contribution < -0.4 is 0 Å². The van der Waals surface area contributed by atoms with Crippen LogP contribution in [0.2, 0.25) is 0 Å². The predicted molar refractivity (Wildman–Crippen MR) is 74.2 cm³/mol. The maximum Gasteiger partial charge on any atom is 0.0923 e. The van der Waals surface area contributed by atoms with Gasteiger partial charge in [0.2, 0.25) is 0 Å². The molecule has 2 nitrogen and oxygen atoms in total. The van der Waals surface area contributed by atoms with Gasteiger partial charge >= 0.3 is 0 Å². The number of hydrogen-bond acceptors (Lipinski definition) is 1. The molecule has 3 rings (SSSR count). The number of aromatic nitrogens is 2. The molecule has 0 saturated heterocycles. The van der Waals surface area contributed by atoms with Crippen LogP contribution in [-0.2, 0) is 0 Å². The average Bonchev–Trinajstić information content (AvgIpc) is 2.87. The third kappa shape index (κ3) is 2.05. The van der Waals surface area contributed by atoms with E-state index >= 15 is 0 Å². The molecular formula is C16H14N2. The quantitative estimate of drug-likeness (QED) is 0.712. The molecule has 2 aromatic carbocycles. The van der Waals surface area contributed by atoms with Crippen LogP contribution in [0.25, 0.3) is 22.4 Å². The number of nitrogens with zero attached hydrogens (tertiary/aromatic N) is 1. The molecule has 0 bridgehead atoms. The first-order valence-electron chi connectivity index (χ1n) is 6.01. The van der Waals surface area contributed by atoms with E-state index in [9.17, 15) is 0 Å². The minimum Gasteiger partial charge on any atom is -0.282 e. The summed E-state index contributed by atoms with van der Waals surface area (Å²) in [5.41, 5.74) is 5.68. The normalized spacial score (nSPS) is 10.5. The lowest BCUT2D eigenvalue weighted by atomic mass is 10.0. The molecule has 0 aliphatic heterocycles. The van der Waals surface area contributed by atoms with Crippen molar-refractivity contribution >= 4 is 0 Å². The Balaban J connectivity index is 1.94. The van der Waals surface area contributed by atoms with Gasteiger partial charge in [-0.15, -0.1) is 0 Å². The summed E-state index contributed by atoms with van der Waals surface area (Å²) >= 11 is 0. The molecule has 0 radical (unpaired) electrons. The van der Waals surface area contributed by atoms with Gasteiger partial charge in [-0.2, -0.15) is 5.10 Å². The Labute approximate surface area is 106 Å². The van der Waals surface area contributed by atoms with Crippen molar-refractivity contribution in [2.24, 2.45) is 0 Å². The van der Waals surface area contributed by atoms with Crippen LogP contribution in [0, 0.1) is 6.92 Å². The third-order valence-electron chi connectivity index (χ3n) is 2.99. The van der Waals surface area contributed by atoms with Crippen LogP contribution >= 0.6 is 0 Å². The van der Waals surface area contributed by atoms with Crippen molar-refractivity contribution < 1.29 is 0 Å². The molecule has 0 atom stereocenters. The summed E-state index contributed by atoms with van der Waals surface area (Å²) in [6.07, 6.45) is 0. The van der Waals surface area contributed by atoms with Crippen LogP contribution in [0.1, 0.15) is 5.69 Å². The summed E-state index contributed by atoms with van der Waals surface area (Å²) < 4.78 is 0. The third-order valence-corrected chi connectivity index (χ3v) is 2.99. The molecule has 0 aliphatic carbocycles. The summed E-state index contributed by atoms with van der Waals surface area (Å²) in [4.78, 5) is 0. The lowest BCUT2D eigenvalue weighted by molar-refractivity contribution is 1.05. The number of nitrogens with one attached hydrogen (secondary N) is 1. The second-order valence-corrected chi connectivity index (χ2v) is 4.38. The van der Waals surface area contributed by atoms with E-state index in [1.165, 1.54) is 11.1 Å². The van der Waals surface area contributed by atoms with E-state index in [0.717, 1.165) is 17.0 Å². The van der Waals surface area contributed by atoms with Gasteiger partial charge in [0.05, 0.1) is 5.69 Å². The van der Waals surface area contributed by atoms with Gasteiger partial charge in [-0.25, -0.2) is 0 Å². The molecule has 0 amide bonds. The SMILES string of the molecule is Cc1cc(-c2ccc(-c3ccccc3)cc2)n[nH]1. The zero-order valence-corrected chi connectivity index (χ0v) is 10.2. The van der Waals surface area contributed by atoms with E-state index in [-0.39, 0.29) is 0 Å². The van der Waals surface area contributed by atoms with Crippen LogP contribution in [0.4, 0.5) is 0 Å². The van der Waals surface area contributed by atoms with Crippen molar-refractivity contribution in [1.82, 2.24) is 10.2 Å². The van der Waals surface area contributed by atoms with Gasteiger partial charge in [0, 0.05) is 11.3 Å². The molecule has 1 N–H and O–H groups in total. The van der Waals surface area contributed by atoms with E-state index in [1.807, 2.05) is 13.0 Å². The lowest BCUT2D eigenvalue weighted by Gasteiger charge is -2.02. The van der Waals surface area contributed by atoms with Gasteiger partial charge in [0.1, 0.15) is 0 Å². The summed E-state index contributed by atoms with van der Waals surface area (Å²) in [5, 5.41) is 7.23. The molecule has 0 aliphatic rings. The Morgan fingerprint density at radius 1 is 0.778 bits per heavy atom. The predicted octanol–water partition coefficient (Wildman–Crippen LogP) is 4.05. The molecular weight excluding hydrogens is 220 g/mol. The first-order valence-corrected chi connectivity index (χ1v) is 6.01. The first kappa shape index (κ1) is 10.8.